The van der Waals surface area contributed by atoms with E-state index in [0.717, 1.165) is 49.0 Å². The summed E-state index contributed by atoms with van der Waals surface area (Å²) < 4.78 is 34.0. The van der Waals surface area contributed by atoms with Crippen molar-refractivity contribution < 1.29 is 17.9 Å². The monoisotopic (exact) mass is 464 g/mol. The summed E-state index contributed by atoms with van der Waals surface area (Å²) in [6, 6.07) is 6.25. The van der Waals surface area contributed by atoms with Gasteiger partial charge in [-0.2, -0.15) is 0 Å². The summed E-state index contributed by atoms with van der Waals surface area (Å²) >= 11 is 1.36. The molecule has 0 spiro atoms. The molecule has 1 aromatic carbocycles. The van der Waals surface area contributed by atoms with Gasteiger partial charge in [-0.3, -0.25) is 9.52 Å². The second-order valence-electron chi connectivity index (χ2n) is 7.91. The molecule has 1 aromatic heterocycles. The van der Waals surface area contributed by atoms with Gasteiger partial charge in [0.05, 0.1) is 17.1 Å². The summed E-state index contributed by atoms with van der Waals surface area (Å²) in [6.07, 6.45) is 10.8. The van der Waals surface area contributed by atoms with E-state index >= 15 is 0 Å². The van der Waals surface area contributed by atoms with Gasteiger partial charge in [-0.05, 0) is 62.4 Å². The normalized spacial score (nSPS) is 15.9. The molecule has 3 rings (SSSR count). The van der Waals surface area contributed by atoms with E-state index < -0.39 is 15.9 Å². The summed E-state index contributed by atoms with van der Waals surface area (Å²) in [5.41, 5.74) is 7.00. The molecule has 0 aliphatic heterocycles. The number of hydrogen-bond donors (Lipinski definition) is 2. The molecule has 170 valence electrons. The largest absolute Gasteiger partial charge is 0.494 e. The molecule has 3 N–H and O–H groups in total. The Morgan fingerprint density at radius 1 is 1.00 bits per heavy atom. The Morgan fingerprint density at radius 3 is 2.16 bits per heavy atom. The van der Waals surface area contributed by atoms with Crippen LogP contribution in [0.5, 0.6) is 5.75 Å². The molecule has 1 aliphatic carbocycles. The summed E-state index contributed by atoms with van der Waals surface area (Å²) in [7, 11) is -3.85. The van der Waals surface area contributed by atoms with E-state index in [-0.39, 0.29) is 4.90 Å². The number of thiophene rings is 1. The first-order valence-corrected chi connectivity index (χ1v) is 13.4. The van der Waals surface area contributed by atoms with Crippen LogP contribution in [-0.4, -0.2) is 20.9 Å². The van der Waals surface area contributed by atoms with Crippen LogP contribution in [-0.2, 0) is 22.9 Å². The first-order valence-electron chi connectivity index (χ1n) is 11.1. The second-order valence-corrected chi connectivity index (χ2v) is 10.7. The number of anilines is 1. The van der Waals surface area contributed by atoms with Crippen LogP contribution >= 0.6 is 11.3 Å². The Labute approximate surface area is 189 Å². The third kappa shape index (κ3) is 6.23. The molecule has 0 bridgehead atoms. The molecule has 1 amide bonds. The Hall–Kier alpha value is -2.06. The van der Waals surface area contributed by atoms with Crippen LogP contribution in [0, 0.1) is 0 Å². The molecular formula is C23H32N2O4S2. The zero-order valence-electron chi connectivity index (χ0n) is 18.1. The minimum atomic E-state index is -3.85. The highest BCUT2D eigenvalue weighted by molar-refractivity contribution is 7.93. The molecule has 8 heteroatoms. The topological polar surface area (TPSA) is 98.5 Å². The van der Waals surface area contributed by atoms with Crippen molar-refractivity contribution in [2.75, 3.05) is 11.3 Å². The van der Waals surface area contributed by atoms with Crippen LogP contribution in [0.4, 0.5) is 5.00 Å². The van der Waals surface area contributed by atoms with Crippen LogP contribution in [0.15, 0.2) is 29.2 Å². The number of rotatable bonds is 6. The SMILES string of the molecule is CCOc1ccc(S(=O)(=O)Nc2sc3c(c2C(N)=O)CCCCCCCCCC3)cc1. The lowest BCUT2D eigenvalue weighted by Crippen LogP contribution is -2.18. The highest BCUT2D eigenvalue weighted by atomic mass is 32.2. The van der Waals surface area contributed by atoms with E-state index in [2.05, 4.69) is 4.72 Å². The van der Waals surface area contributed by atoms with Crippen LogP contribution < -0.4 is 15.2 Å². The summed E-state index contributed by atoms with van der Waals surface area (Å²) in [6.45, 7) is 2.38. The van der Waals surface area contributed by atoms with Gasteiger partial charge in [-0.25, -0.2) is 8.42 Å². The maximum atomic E-state index is 13.0. The predicted molar refractivity (Wildman–Crippen MR) is 126 cm³/mol. The van der Waals surface area contributed by atoms with Gasteiger partial charge >= 0.3 is 0 Å². The highest BCUT2D eigenvalue weighted by Gasteiger charge is 2.25. The fraction of sp³-hybridized carbons (Fsp3) is 0.522. The van der Waals surface area contributed by atoms with Crippen molar-refractivity contribution in [3.05, 3.63) is 40.3 Å². The summed E-state index contributed by atoms with van der Waals surface area (Å²) in [5.74, 6) is 0.0336. The number of ether oxygens (including phenoxy) is 1. The van der Waals surface area contributed by atoms with E-state index in [1.807, 2.05) is 6.92 Å². The van der Waals surface area contributed by atoms with Gasteiger partial charge in [-0.1, -0.05) is 38.5 Å². The standard InChI is InChI=1S/C23H32N2O4S2/c1-2-29-17-13-15-18(16-14-17)31(27,28)25-23-21(22(24)26)19-11-9-7-5-3-4-6-8-10-12-20(19)30-23/h13-16,25H,2-12H2,1H3,(H2,24,26). The van der Waals surface area contributed by atoms with E-state index in [1.165, 1.54) is 49.2 Å². The fourth-order valence-electron chi connectivity index (χ4n) is 4.02. The fourth-order valence-corrected chi connectivity index (χ4v) is 6.62. The maximum Gasteiger partial charge on any atom is 0.262 e. The Kier molecular flexibility index (Phi) is 8.37. The van der Waals surface area contributed by atoms with Gasteiger partial charge in [0.15, 0.2) is 0 Å². The lowest BCUT2D eigenvalue weighted by molar-refractivity contribution is 0.100. The van der Waals surface area contributed by atoms with Crippen molar-refractivity contribution in [2.24, 2.45) is 5.73 Å². The molecule has 0 fully saturated rings. The molecule has 0 saturated heterocycles. The second kappa shape index (κ2) is 11.0. The number of aryl methyl sites for hydroxylation is 1. The van der Waals surface area contributed by atoms with Gasteiger partial charge < -0.3 is 10.5 Å². The van der Waals surface area contributed by atoms with Crippen molar-refractivity contribution in [2.45, 2.75) is 76.0 Å². The Bertz CT molecular complexity index is 982. The van der Waals surface area contributed by atoms with Crippen LogP contribution in [0.3, 0.4) is 0 Å². The molecule has 0 atom stereocenters. The first kappa shape index (κ1) is 23.6. The average molecular weight is 465 g/mol. The minimum absolute atomic E-state index is 0.119. The quantitative estimate of drug-likeness (QED) is 0.609. The Morgan fingerprint density at radius 2 is 1.58 bits per heavy atom. The number of hydrogen-bond acceptors (Lipinski definition) is 5. The van der Waals surface area contributed by atoms with E-state index in [9.17, 15) is 13.2 Å². The number of amides is 1. The molecule has 0 unspecified atom stereocenters. The Balaban J connectivity index is 1.90. The number of carbonyl (C=O) groups is 1. The van der Waals surface area contributed by atoms with Crippen LogP contribution in [0.2, 0.25) is 0 Å². The molecule has 0 saturated carbocycles. The van der Waals surface area contributed by atoms with Gasteiger partial charge in [-0.15, -0.1) is 11.3 Å². The maximum absolute atomic E-state index is 13.0. The zero-order valence-corrected chi connectivity index (χ0v) is 19.7. The van der Waals surface area contributed by atoms with E-state index in [4.69, 9.17) is 10.5 Å². The zero-order chi connectivity index (χ0) is 22.3. The lowest BCUT2D eigenvalue weighted by atomic mass is 9.97. The number of nitrogens with two attached hydrogens (primary N) is 1. The summed E-state index contributed by atoms with van der Waals surface area (Å²) in [5, 5.41) is 0.334. The molecule has 1 heterocycles. The first-order chi connectivity index (χ1) is 14.9. The number of primary amides is 1. The predicted octanol–water partition coefficient (Wildman–Crippen LogP) is 5.27. The smallest absolute Gasteiger partial charge is 0.262 e. The van der Waals surface area contributed by atoms with Crippen molar-refractivity contribution in [3.8, 4) is 5.75 Å². The van der Waals surface area contributed by atoms with Crippen molar-refractivity contribution in [1.29, 1.82) is 0 Å². The van der Waals surface area contributed by atoms with Crippen molar-refractivity contribution >= 4 is 32.3 Å². The molecule has 6 nitrogen and oxygen atoms in total. The van der Waals surface area contributed by atoms with Crippen LogP contribution in [0.25, 0.3) is 0 Å². The lowest BCUT2D eigenvalue weighted by Gasteiger charge is -2.10. The number of carbonyl (C=O) groups excluding carboxylic acids is 1. The van der Waals surface area contributed by atoms with E-state index in [0.29, 0.717) is 22.9 Å². The third-order valence-electron chi connectivity index (χ3n) is 5.59. The van der Waals surface area contributed by atoms with E-state index in [1.54, 1.807) is 12.1 Å². The van der Waals surface area contributed by atoms with Crippen molar-refractivity contribution in [3.63, 3.8) is 0 Å². The number of sulfonamides is 1. The number of benzene rings is 1. The highest BCUT2D eigenvalue weighted by Crippen LogP contribution is 2.37. The van der Waals surface area contributed by atoms with Crippen molar-refractivity contribution in [1.82, 2.24) is 0 Å². The molecule has 31 heavy (non-hydrogen) atoms. The molecule has 0 radical (unpaired) electrons. The van der Waals surface area contributed by atoms with Gasteiger partial charge in [0.2, 0.25) is 0 Å². The van der Waals surface area contributed by atoms with Gasteiger partial charge in [0.1, 0.15) is 10.8 Å². The molecular weight excluding hydrogens is 432 g/mol. The van der Waals surface area contributed by atoms with Gasteiger partial charge in [0.25, 0.3) is 15.9 Å². The molecule has 1 aliphatic rings. The average Bonchev–Trinajstić information content (AvgIpc) is 3.05. The minimum Gasteiger partial charge on any atom is -0.494 e. The number of fused-ring (bicyclic) bond motifs is 1. The molecule has 2 aromatic rings. The summed E-state index contributed by atoms with van der Waals surface area (Å²) in [4.78, 5) is 13.5. The third-order valence-corrected chi connectivity index (χ3v) is 8.29. The van der Waals surface area contributed by atoms with Crippen LogP contribution in [0.1, 0.15) is 79.1 Å². The number of nitrogens with one attached hydrogen (secondary N) is 1. The van der Waals surface area contributed by atoms with Gasteiger partial charge in [0, 0.05) is 4.88 Å².